The second kappa shape index (κ2) is 4.63. The zero-order valence-corrected chi connectivity index (χ0v) is 10.4. The molecule has 0 aromatic carbocycles. The van der Waals surface area contributed by atoms with Gasteiger partial charge in [-0.05, 0) is 30.4 Å². The molecule has 1 aromatic heterocycles. The van der Waals surface area contributed by atoms with Crippen LogP contribution in [0.5, 0.6) is 0 Å². The number of hydrogen-bond acceptors (Lipinski definition) is 3. The fourth-order valence-electron chi connectivity index (χ4n) is 1.63. The van der Waals surface area contributed by atoms with Crippen LogP contribution in [-0.4, -0.2) is 16.6 Å². The normalized spacial score (nSPS) is 17.1. The minimum atomic E-state index is 0.262. The van der Waals surface area contributed by atoms with Gasteiger partial charge in [0.2, 0.25) is 0 Å². The van der Waals surface area contributed by atoms with E-state index >= 15 is 0 Å². The zero-order chi connectivity index (χ0) is 11.6. The van der Waals surface area contributed by atoms with Crippen molar-refractivity contribution in [3.63, 3.8) is 0 Å². The third kappa shape index (κ3) is 3.12. The Kier molecular flexibility index (Phi) is 3.40. The van der Waals surface area contributed by atoms with Crippen molar-refractivity contribution in [1.29, 1.82) is 5.41 Å². The Hall–Kier alpha value is -0.740. The highest BCUT2D eigenvalue weighted by Gasteiger charge is 2.42. The van der Waals surface area contributed by atoms with Crippen molar-refractivity contribution in [2.75, 3.05) is 5.75 Å². The lowest BCUT2D eigenvalue weighted by Crippen LogP contribution is -2.18. The highest BCUT2D eigenvalue weighted by molar-refractivity contribution is 7.99. The summed E-state index contributed by atoms with van der Waals surface area (Å²) in [5, 5.41) is 8.98. The van der Waals surface area contributed by atoms with Crippen molar-refractivity contribution in [2.45, 2.75) is 24.3 Å². The first-order valence-corrected chi connectivity index (χ1v) is 6.53. The van der Waals surface area contributed by atoms with Gasteiger partial charge in [-0.15, -0.1) is 11.8 Å². The van der Waals surface area contributed by atoms with E-state index in [4.69, 9.17) is 22.7 Å². The molecule has 2 rings (SSSR count). The molecule has 0 amide bonds. The van der Waals surface area contributed by atoms with Crippen LogP contribution in [0, 0.1) is 10.8 Å². The molecule has 0 spiro atoms. The summed E-state index contributed by atoms with van der Waals surface area (Å²) in [6.45, 7) is 0. The molecular formula is C11H14ClN3S. The largest absolute Gasteiger partial charge is 0.388 e. The van der Waals surface area contributed by atoms with E-state index in [-0.39, 0.29) is 5.41 Å². The standard InChI is InChI=1S/C11H14ClN3S/c12-8-1-2-10(15-6-8)16-7-11(3-4-11)5-9(13)14/h1-2,6H,3-5,7H2,(H3,13,14). The molecule has 3 nitrogen and oxygen atoms in total. The van der Waals surface area contributed by atoms with E-state index < -0.39 is 0 Å². The van der Waals surface area contributed by atoms with E-state index in [2.05, 4.69) is 4.98 Å². The molecule has 0 atom stereocenters. The Morgan fingerprint density at radius 2 is 2.31 bits per heavy atom. The third-order valence-corrected chi connectivity index (χ3v) is 4.27. The lowest BCUT2D eigenvalue weighted by atomic mass is 10.1. The summed E-state index contributed by atoms with van der Waals surface area (Å²) in [4.78, 5) is 4.23. The molecule has 1 fully saturated rings. The highest BCUT2D eigenvalue weighted by atomic mass is 35.5. The number of nitrogens with one attached hydrogen (secondary N) is 1. The van der Waals surface area contributed by atoms with E-state index in [9.17, 15) is 0 Å². The zero-order valence-electron chi connectivity index (χ0n) is 8.87. The first kappa shape index (κ1) is 11.7. The van der Waals surface area contributed by atoms with Crippen LogP contribution in [0.3, 0.4) is 0 Å². The molecule has 0 saturated heterocycles. The van der Waals surface area contributed by atoms with Crippen LogP contribution in [0.2, 0.25) is 5.02 Å². The molecule has 0 aliphatic heterocycles. The first-order valence-electron chi connectivity index (χ1n) is 5.17. The fourth-order valence-corrected chi connectivity index (χ4v) is 2.88. The van der Waals surface area contributed by atoms with Gasteiger partial charge >= 0.3 is 0 Å². The number of halogens is 1. The number of aromatic nitrogens is 1. The molecule has 86 valence electrons. The van der Waals surface area contributed by atoms with Crippen molar-refractivity contribution in [3.8, 4) is 0 Å². The maximum atomic E-state index is 7.34. The predicted octanol–water partition coefficient (Wildman–Crippen LogP) is 2.93. The van der Waals surface area contributed by atoms with Crippen LogP contribution < -0.4 is 5.73 Å². The number of thioether (sulfide) groups is 1. The van der Waals surface area contributed by atoms with Crippen LogP contribution in [-0.2, 0) is 0 Å². The average Bonchev–Trinajstić information content (AvgIpc) is 2.97. The molecule has 1 aliphatic rings. The summed E-state index contributed by atoms with van der Waals surface area (Å²) in [7, 11) is 0. The molecular weight excluding hydrogens is 242 g/mol. The lowest BCUT2D eigenvalue weighted by Gasteiger charge is -2.12. The smallest absolute Gasteiger partial charge is 0.0961 e. The average molecular weight is 256 g/mol. The molecule has 1 aliphatic carbocycles. The summed E-state index contributed by atoms with van der Waals surface area (Å²) in [6, 6.07) is 3.78. The van der Waals surface area contributed by atoms with Crippen LogP contribution in [0.1, 0.15) is 19.3 Å². The Morgan fingerprint density at radius 1 is 1.56 bits per heavy atom. The van der Waals surface area contributed by atoms with Gasteiger partial charge in [0.1, 0.15) is 0 Å². The summed E-state index contributed by atoms with van der Waals surface area (Å²) in [5.41, 5.74) is 5.71. The number of hydrogen-bond donors (Lipinski definition) is 2. The van der Waals surface area contributed by atoms with Gasteiger partial charge in [0.15, 0.2) is 0 Å². The van der Waals surface area contributed by atoms with E-state index in [0.29, 0.717) is 17.3 Å². The van der Waals surface area contributed by atoms with Crippen LogP contribution in [0.15, 0.2) is 23.4 Å². The van der Waals surface area contributed by atoms with Gasteiger partial charge in [-0.25, -0.2) is 4.98 Å². The molecule has 0 bridgehead atoms. The molecule has 1 aromatic rings. The summed E-state index contributed by atoms with van der Waals surface area (Å²) in [6.07, 6.45) is 4.72. The second-order valence-electron chi connectivity index (χ2n) is 4.31. The predicted molar refractivity (Wildman–Crippen MR) is 68.2 cm³/mol. The summed E-state index contributed by atoms with van der Waals surface area (Å²) < 4.78 is 0. The highest BCUT2D eigenvalue weighted by Crippen LogP contribution is 2.51. The maximum absolute atomic E-state index is 7.34. The number of rotatable bonds is 5. The Balaban J connectivity index is 1.87. The second-order valence-corrected chi connectivity index (χ2v) is 5.74. The van der Waals surface area contributed by atoms with E-state index in [1.165, 1.54) is 12.8 Å². The van der Waals surface area contributed by atoms with Crippen LogP contribution in [0.25, 0.3) is 0 Å². The Bertz CT molecular complexity index is 387. The van der Waals surface area contributed by atoms with Crippen molar-refractivity contribution in [3.05, 3.63) is 23.4 Å². The van der Waals surface area contributed by atoms with Crippen molar-refractivity contribution >= 4 is 29.2 Å². The van der Waals surface area contributed by atoms with Crippen LogP contribution >= 0.6 is 23.4 Å². The van der Waals surface area contributed by atoms with Gasteiger partial charge in [-0.2, -0.15) is 0 Å². The minimum absolute atomic E-state index is 0.262. The minimum Gasteiger partial charge on any atom is -0.388 e. The third-order valence-electron chi connectivity index (χ3n) is 2.75. The quantitative estimate of drug-likeness (QED) is 0.483. The van der Waals surface area contributed by atoms with Gasteiger partial charge in [-0.3, -0.25) is 5.41 Å². The number of amidine groups is 1. The van der Waals surface area contributed by atoms with Crippen molar-refractivity contribution in [2.24, 2.45) is 11.1 Å². The number of nitrogens with two attached hydrogens (primary N) is 1. The van der Waals surface area contributed by atoms with Gasteiger partial charge in [0.05, 0.1) is 15.9 Å². The molecule has 1 heterocycles. The van der Waals surface area contributed by atoms with E-state index in [1.807, 2.05) is 12.1 Å². The fraction of sp³-hybridized carbons (Fsp3) is 0.455. The molecule has 16 heavy (non-hydrogen) atoms. The maximum Gasteiger partial charge on any atom is 0.0961 e. The van der Waals surface area contributed by atoms with Gasteiger partial charge in [0, 0.05) is 18.4 Å². The first-order chi connectivity index (χ1) is 7.60. The topological polar surface area (TPSA) is 62.8 Å². The molecule has 0 unspecified atom stereocenters. The van der Waals surface area contributed by atoms with E-state index in [0.717, 1.165) is 10.8 Å². The molecule has 5 heteroatoms. The molecule has 3 N–H and O–H groups in total. The van der Waals surface area contributed by atoms with Gasteiger partial charge in [-0.1, -0.05) is 11.6 Å². The van der Waals surface area contributed by atoms with Gasteiger partial charge in [0.25, 0.3) is 0 Å². The SMILES string of the molecule is N=C(N)CC1(CSc2ccc(Cl)cn2)CC1. The summed E-state index contributed by atoms with van der Waals surface area (Å²) >= 11 is 7.49. The van der Waals surface area contributed by atoms with Crippen molar-refractivity contribution in [1.82, 2.24) is 4.98 Å². The molecule has 0 radical (unpaired) electrons. The Morgan fingerprint density at radius 3 is 2.81 bits per heavy atom. The lowest BCUT2D eigenvalue weighted by molar-refractivity contribution is 0.611. The molecule has 1 saturated carbocycles. The van der Waals surface area contributed by atoms with Crippen molar-refractivity contribution < 1.29 is 0 Å². The monoisotopic (exact) mass is 255 g/mol. The van der Waals surface area contributed by atoms with Gasteiger partial charge < -0.3 is 5.73 Å². The summed E-state index contributed by atoms with van der Waals surface area (Å²) in [5.74, 6) is 1.28. The number of pyridine rings is 1. The Labute approximate surface area is 104 Å². The van der Waals surface area contributed by atoms with E-state index in [1.54, 1.807) is 18.0 Å². The number of nitrogens with zero attached hydrogens (tertiary/aromatic N) is 1. The van der Waals surface area contributed by atoms with Crippen LogP contribution in [0.4, 0.5) is 0 Å².